The number of rotatable bonds is 4. The molecule has 3 heteroatoms. The fourth-order valence-electron chi connectivity index (χ4n) is 1.08. The molecule has 0 aromatic carbocycles. The van der Waals surface area contributed by atoms with Crippen LogP contribution in [0.15, 0.2) is 35.7 Å². The number of amides is 1. The molecule has 1 rings (SSSR count). The van der Waals surface area contributed by atoms with Crippen molar-refractivity contribution >= 4 is 5.91 Å². The van der Waals surface area contributed by atoms with Crippen LogP contribution in [-0.4, -0.2) is 17.4 Å². The van der Waals surface area contributed by atoms with Crippen LogP contribution in [0.5, 0.6) is 0 Å². The Labute approximate surface area is 77.6 Å². The van der Waals surface area contributed by atoms with E-state index >= 15 is 0 Å². The highest BCUT2D eigenvalue weighted by Crippen LogP contribution is 2.05. The van der Waals surface area contributed by atoms with Crippen LogP contribution >= 0.6 is 0 Å². The Morgan fingerprint density at radius 3 is 3.00 bits per heavy atom. The van der Waals surface area contributed by atoms with Gasteiger partial charge < -0.3 is 9.32 Å². The van der Waals surface area contributed by atoms with E-state index in [1.165, 1.54) is 6.08 Å². The third kappa shape index (κ3) is 2.47. The number of carbonyl (C=O) groups is 1. The summed E-state index contributed by atoms with van der Waals surface area (Å²) in [5.41, 5.74) is 0.997. The molecule has 0 saturated carbocycles. The predicted octanol–water partition coefficient (Wildman–Crippen LogP) is 1.81. The highest BCUT2D eigenvalue weighted by atomic mass is 16.3. The second-order valence-electron chi connectivity index (χ2n) is 2.69. The lowest BCUT2D eigenvalue weighted by molar-refractivity contribution is -0.126. The van der Waals surface area contributed by atoms with Crippen LogP contribution in [0.2, 0.25) is 0 Å². The molecule has 0 aliphatic heterocycles. The van der Waals surface area contributed by atoms with Gasteiger partial charge in [0, 0.05) is 18.7 Å². The average molecular weight is 179 g/mol. The van der Waals surface area contributed by atoms with Gasteiger partial charge in [0.15, 0.2) is 0 Å². The van der Waals surface area contributed by atoms with E-state index in [1.54, 1.807) is 17.4 Å². The number of hydrogen-bond donors (Lipinski definition) is 0. The molecule has 0 spiro atoms. The molecular formula is C10H13NO2. The lowest BCUT2D eigenvalue weighted by Gasteiger charge is -2.17. The van der Waals surface area contributed by atoms with Gasteiger partial charge >= 0.3 is 0 Å². The smallest absolute Gasteiger partial charge is 0.246 e. The highest BCUT2D eigenvalue weighted by Gasteiger charge is 2.08. The second kappa shape index (κ2) is 4.50. The van der Waals surface area contributed by atoms with Crippen molar-refractivity contribution in [2.75, 3.05) is 6.54 Å². The van der Waals surface area contributed by atoms with E-state index in [0.717, 1.165) is 5.56 Å². The van der Waals surface area contributed by atoms with Gasteiger partial charge in [0.1, 0.15) is 0 Å². The average Bonchev–Trinajstić information content (AvgIpc) is 2.65. The lowest BCUT2D eigenvalue weighted by Crippen LogP contribution is -2.28. The first-order chi connectivity index (χ1) is 6.27. The van der Waals surface area contributed by atoms with Gasteiger partial charge in [-0.25, -0.2) is 0 Å². The zero-order valence-electron chi connectivity index (χ0n) is 7.69. The van der Waals surface area contributed by atoms with Crippen LogP contribution in [0.25, 0.3) is 0 Å². The van der Waals surface area contributed by atoms with E-state index in [0.29, 0.717) is 13.1 Å². The summed E-state index contributed by atoms with van der Waals surface area (Å²) in [7, 11) is 0. The third-order valence-corrected chi connectivity index (χ3v) is 1.82. The number of hydrogen-bond acceptors (Lipinski definition) is 2. The standard InChI is InChI=1S/C10H13NO2/c1-3-10(12)11(4-2)7-9-5-6-13-8-9/h3,5-6,8H,1,4,7H2,2H3. The fraction of sp³-hybridized carbons (Fsp3) is 0.300. The van der Waals surface area contributed by atoms with E-state index < -0.39 is 0 Å². The first-order valence-electron chi connectivity index (χ1n) is 4.20. The summed E-state index contributed by atoms with van der Waals surface area (Å²) in [4.78, 5) is 12.9. The van der Waals surface area contributed by atoms with Crippen molar-refractivity contribution in [1.82, 2.24) is 4.90 Å². The van der Waals surface area contributed by atoms with Crippen molar-refractivity contribution in [1.29, 1.82) is 0 Å². The lowest BCUT2D eigenvalue weighted by atomic mass is 10.3. The molecule has 1 aromatic heterocycles. The van der Waals surface area contributed by atoms with Crippen LogP contribution in [0.1, 0.15) is 12.5 Å². The molecular weight excluding hydrogens is 166 g/mol. The van der Waals surface area contributed by atoms with Crippen molar-refractivity contribution in [3.8, 4) is 0 Å². The summed E-state index contributed by atoms with van der Waals surface area (Å²) in [5.74, 6) is -0.0521. The summed E-state index contributed by atoms with van der Waals surface area (Å²) in [6, 6.07) is 1.85. The predicted molar refractivity (Wildman–Crippen MR) is 50.0 cm³/mol. The first-order valence-corrected chi connectivity index (χ1v) is 4.20. The van der Waals surface area contributed by atoms with Gasteiger partial charge in [0.05, 0.1) is 12.5 Å². The number of carbonyl (C=O) groups excluding carboxylic acids is 1. The maximum atomic E-state index is 11.2. The molecule has 0 unspecified atom stereocenters. The molecule has 0 radical (unpaired) electrons. The molecule has 0 N–H and O–H groups in total. The maximum absolute atomic E-state index is 11.2. The second-order valence-corrected chi connectivity index (χ2v) is 2.69. The molecule has 0 fully saturated rings. The quantitative estimate of drug-likeness (QED) is 0.660. The summed E-state index contributed by atoms with van der Waals surface area (Å²) in [6.07, 6.45) is 4.56. The topological polar surface area (TPSA) is 33.5 Å². The molecule has 70 valence electrons. The van der Waals surface area contributed by atoms with Crippen LogP contribution < -0.4 is 0 Å². The Morgan fingerprint density at radius 1 is 1.77 bits per heavy atom. The number of furan rings is 1. The molecule has 0 aliphatic carbocycles. The van der Waals surface area contributed by atoms with Crippen LogP contribution in [-0.2, 0) is 11.3 Å². The van der Waals surface area contributed by atoms with Crippen molar-refractivity contribution in [3.05, 3.63) is 36.8 Å². The number of likely N-dealkylation sites (N-methyl/N-ethyl adjacent to an activating group) is 1. The maximum Gasteiger partial charge on any atom is 0.246 e. The molecule has 1 heterocycles. The molecule has 0 atom stereocenters. The zero-order valence-corrected chi connectivity index (χ0v) is 7.69. The van der Waals surface area contributed by atoms with Gasteiger partial charge in [-0.3, -0.25) is 4.79 Å². The van der Waals surface area contributed by atoms with Crippen molar-refractivity contribution < 1.29 is 9.21 Å². The number of nitrogens with zero attached hydrogens (tertiary/aromatic N) is 1. The van der Waals surface area contributed by atoms with Crippen LogP contribution in [0, 0.1) is 0 Å². The SMILES string of the molecule is C=CC(=O)N(CC)Cc1ccoc1. The van der Waals surface area contributed by atoms with Crippen molar-refractivity contribution in [3.63, 3.8) is 0 Å². The zero-order chi connectivity index (χ0) is 9.68. The van der Waals surface area contributed by atoms with Gasteiger partial charge in [0.2, 0.25) is 5.91 Å². The van der Waals surface area contributed by atoms with Gasteiger partial charge in [-0.15, -0.1) is 0 Å². The highest BCUT2D eigenvalue weighted by molar-refractivity contribution is 5.86. The van der Waals surface area contributed by atoms with Crippen molar-refractivity contribution in [2.24, 2.45) is 0 Å². The van der Waals surface area contributed by atoms with Crippen molar-refractivity contribution in [2.45, 2.75) is 13.5 Å². The molecule has 0 bridgehead atoms. The Morgan fingerprint density at radius 2 is 2.54 bits per heavy atom. The van der Waals surface area contributed by atoms with Gasteiger partial charge in [-0.1, -0.05) is 6.58 Å². The van der Waals surface area contributed by atoms with Gasteiger partial charge in [0.25, 0.3) is 0 Å². The largest absolute Gasteiger partial charge is 0.472 e. The minimum absolute atomic E-state index is 0.0521. The van der Waals surface area contributed by atoms with Gasteiger partial charge in [-0.05, 0) is 19.1 Å². The van der Waals surface area contributed by atoms with E-state index in [2.05, 4.69) is 6.58 Å². The minimum atomic E-state index is -0.0521. The fourth-order valence-corrected chi connectivity index (χ4v) is 1.08. The Balaban J connectivity index is 2.59. The van der Waals surface area contributed by atoms with Crippen LogP contribution in [0.3, 0.4) is 0 Å². The Kier molecular flexibility index (Phi) is 3.31. The molecule has 13 heavy (non-hydrogen) atoms. The molecule has 0 saturated heterocycles. The molecule has 1 aromatic rings. The molecule has 1 amide bonds. The first kappa shape index (κ1) is 9.58. The summed E-state index contributed by atoms with van der Waals surface area (Å²) in [6.45, 7) is 6.63. The minimum Gasteiger partial charge on any atom is -0.472 e. The van der Waals surface area contributed by atoms with E-state index in [4.69, 9.17) is 4.42 Å². The Bertz CT molecular complexity index is 277. The monoisotopic (exact) mass is 179 g/mol. The summed E-state index contributed by atoms with van der Waals surface area (Å²) in [5, 5.41) is 0. The van der Waals surface area contributed by atoms with Crippen LogP contribution in [0.4, 0.5) is 0 Å². The van der Waals surface area contributed by atoms with E-state index in [9.17, 15) is 4.79 Å². The normalized spacial score (nSPS) is 9.62. The summed E-state index contributed by atoms with van der Waals surface area (Å²) < 4.78 is 4.91. The summed E-state index contributed by atoms with van der Waals surface area (Å²) >= 11 is 0. The van der Waals surface area contributed by atoms with E-state index in [-0.39, 0.29) is 5.91 Å². The van der Waals surface area contributed by atoms with E-state index in [1.807, 2.05) is 13.0 Å². The molecule has 3 nitrogen and oxygen atoms in total. The van der Waals surface area contributed by atoms with Gasteiger partial charge in [-0.2, -0.15) is 0 Å². The Hall–Kier alpha value is -1.51. The third-order valence-electron chi connectivity index (χ3n) is 1.82. The molecule has 0 aliphatic rings.